The molecule has 0 nitrogen and oxygen atoms in total. The van der Waals surface area contributed by atoms with Crippen LogP contribution in [0.1, 0.15) is 25.7 Å². The maximum absolute atomic E-state index is 2.42. The zero-order chi connectivity index (χ0) is 18.9. The Balaban J connectivity index is 0.000000210. The van der Waals surface area contributed by atoms with E-state index in [4.69, 9.17) is 0 Å². The summed E-state index contributed by atoms with van der Waals surface area (Å²) in [6.45, 7) is 2.37. The van der Waals surface area contributed by atoms with E-state index in [0.29, 0.717) is 0 Å². The van der Waals surface area contributed by atoms with Crippen molar-refractivity contribution in [1.82, 2.24) is 0 Å². The molecule has 154 valence electrons. The minimum atomic E-state index is -0.0733. The smallest absolute Gasteiger partial charge is 1.00 e. The molecule has 1 aromatic rings. The molecule has 0 saturated heterocycles. The first-order valence-corrected chi connectivity index (χ1v) is 17.6. The fourth-order valence-electron chi connectivity index (χ4n) is 4.08. The van der Waals surface area contributed by atoms with Crippen LogP contribution in [-0.2, 0) is 23.0 Å². The molecule has 0 N–H and O–H groups in total. The first-order chi connectivity index (χ1) is 13.2. The van der Waals surface area contributed by atoms with Crippen molar-refractivity contribution >= 4 is 10.7 Å². The van der Waals surface area contributed by atoms with Crippen LogP contribution in [0.5, 0.6) is 0 Å². The van der Waals surface area contributed by atoms with Crippen molar-refractivity contribution < 1.29 is 47.8 Å². The average Bonchev–Trinajstić information content (AvgIpc) is 3.39. The first-order valence-electron chi connectivity index (χ1n) is 10.2. The van der Waals surface area contributed by atoms with Gasteiger partial charge in [0.1, 0.15) is 0 Å². The molecule has 1 aromatic carbocycles. The second-order valence-electron chi connectivity index (χ2n) is 7.64. The van der Waals surface area contributed by atoms with E-state index in [2.05, 4.69) is 98.3 Å². The SMILES string of the molecule is C1=CC2[CH-]CCC2C=C1.C1=CC2[CH-]CCC2C=C1.C[Si](=[Hf+2])c1ccccc1.[Cl-].[Cl-]. The van der Waals surface area contributed by atoms with Crippen LogP contribution < -0.4 is 30.0 Å². The molecule has 5 rings (SSSR count). The molecule has 0 amide bonds. The molecule has 4 unspecified atom stereocenters. The summed E-state index contributed by atoms with van der Waals surface area (Å²) < 4.78 is 0. The summed E-state index contributed by atoms with van der Waals surface area (Å²) in [5, 5.41) is 1.58. The Morgan fingerprint density at radius 3 is 1.59 bits per heavy atom. The van der Waals surface area contributed by atoms with E-state index in [1.54, 1.807) is 5.19 Å². The number of benzene rings is 1. The largest absolute Gasteiger partial charge is 1.00 e. The predicted octanol–water partition coefficient (Wildman–Crippen LogP) is -0.245. The second-order valence-corrected chi connectivity index (χ2v) is 17.6. The van der Waals surface area contributed by atoms with Gasteiger partial charge in [-0.15, -0.1) is 24.0 Å². The topological polar surface area (TPSA) is 0 Å². The molecular formula is C25H30Cl2HfSi-2. The van der Waals surface area contributed by atoms with Crippen molar-refractivity contribution in [2.75, 3.05) is 0 Å². The number of halogens is 2. The Morgan fingerprint density at radius 2 is 1.21 bits per heavy atom. The number of rotatable bonds is 1. The fourth-order valence-corrected chi connectivity index (χ4v) is 6.56. The Kier molecular flexibility index (Phi) is 13.7. The van der Waals surface area contributed by atoms with Crippen molar-refractivity contribution in [3.63, 3.8) is 0 Å². The van der Waals surface area contributed by atoms with Gasteiger partial charge in [0, 0.05) is 0 Å². The van der Waals surface area contributed by atoms with Crippen molar-refractivity contribution in [2.45, 2.75) is 32.2 Å². The van der Waals surface area contributed by atoms with E-state index in [0.717, 1.165) is 23.7 Å². The van der Waals surface area contributed by atoms with Gasteiger partial charge < -0.3 is 37.7 Å². The maximum atomic E-state index is 2.42. The quantitative estimate of drug-likeness (QED) is 0.306. The third kappa shape index (κ3) is 8.85. The Labute approximate surface area is 205 Å². The van der Waals surface area contributed by atoms with Crippen LogP contribution in [0.2, 0.25) is 6.55 Å². The van der Waals surface area contributed by atoms with E-state index >= 15 is 0 Å². The van der Waals surface area contributed by atoms with E-state index in [-0.39, 0.29) is 30.3 Å². The van der Waals surface area contributed by atoms with Crippen LogP contribution in [0.3, 0.4) is 0 Å². The van der Waals surface area contributed by atoms with Crippen molar-refractivity contribution in [3.05, 3.63) is 91.8 Å². The predicted molar refractivity (Wildman–Crippen MR) is 115 cm³/mol. The van der Waals surface area contributed by atoms with Crippen LogP contribution in [0.15, 0.2) is 78.9 Å². The summed E-state index contributed by atoms with van der Waals surface area (Å²) in [6.07, 6.45) is 28.1. The molecule has 4 atom stereocenters. The summed E-state index contributed by atoms with van der Waals surface area (Å²) in [4.78, 5) is 0. The summed E-state index contributed by atoms with van der Waals surface area (Å²) in [5.74, 6) is 3.23. The standard InChI is InChI=1S/2C9H11.C7H8Si.2ClH.Hf/c2*1-2-5-9-7-3-6-8(9)4-1;1-8-7-5-3-2-4-6-7;;;/h2*1-2,4-6,8-9H,3,7H2;2-6H,1H3;2*1H;/q2*-1;;;;+2/p-2. The molecule has 2 fully saturated rings. The van der Waals surface area contributed by atoms with Gasteiger partial charge in [0.15, 0.2) is 0 Å². The molecule has 0 heterocycles. The first kappa shape index (κ1) is 26.9. The fraction of sp³-hybridized carbons (Fsp3) is 0.360. The molecule has 0 aliphatic heterocycles. The van der Waals surface area contributed by atoms with Gasteiger partial charge in [-0.1, -0.05) is 49.3 Å². The molecular weight excluding hydrogens is 578 g/mol. The number of hydrogen-bond donors (Lipinski definition) is 0. The molecule has 0 radical (unpaired) electrons. The van der Waals surface area contributed by atoms with E-state index < -0.39 is 0 Å². The average molecular weight is 608 g/mol. The van der Waals surface area contributed by atoms with Crippen molar-refractivity contribution in [3.8, 4) is 0 Å². The molecule has 4 aliphatic rings. The molecule has 29 heavy (non-hydrogen) atoms. The number of allylic oxidation sites excluding steroid dienone is 8. The van der Waals surface area contributed by atoms with Crippen LogP contribution >= 0.6 is 0 Å². The van der Waals surface area contributed by atoms with Gasteiger partial charge in [0.2, 0.25) is 0 Å². The minimum absolute atomic E-state index is 0. The number of hydrogen-bond acceptors (Lipinski definition) is 0. The van der Waals surface area contributed by atoms with Gasteiger partial charge in [-0.05, 0) is 11.8 Å². The zero-order valence-electron chi connectivity index (χ0n) is 17.1. The molecule has 4 aliphatic carbocycles. The Bertz CT molecular complexity index is 650. The Morgan fingerprint density at radius 1 is 0.759 bits per heavy atom. The van der Waals surface area contributed by atoms with Gasteiger partial charge in [-0.25, -0.2) is 0 Å². The summed E-state index contributed by atoms with van der Waals surface area (Å²) in [7, 11) is 0. The van der Waals surface area contributed by atoms with Crippen LogP contribution in [0, 0.1) is 36.5 Å². The summed E-state index contributed by atoms with van der Waals surface area (Å²) in [5.41, 5.74) is -0.0733. The molecule has 0 bridgehead atoms. The third-order valence-electron chi connectivity index (χ3n) is 5.68. The van der Waals surface area contributed by atoms with Gasteiger partial charge in [0.25, 0.3) is 0 Å². The second kappa shape index (κ2) is 14.8. The van der Waals surface area contributed by atoms with Gasteiger partial charge >= 0.3 is 70.6 Å². The van der Waals surface area contributed by atoms with Gasteiger partial charge in [-0.2, -0.15) is 12.8 Å². The zero-order valence-corrected chi connectivity index (χ0v) is 23.2. The molecule has 0 aromatic heterocycles. The third-order valence-corrected chi connectivity index (χ3v) is 9.99. The van der Waals surface area contributed by atoms with E-state index in [9.17, 15) is 0 Å². The van der Waals surface area contributed by atoms with Gasteiger partial charge in [0.05, 0.1) is 0 Å². The van der Waals surface area contributed by atoms with Crippen molar-refractivity contribution in [1.29, 1.82) is 0 Å². The molecule has 4 heteroatoms. The normalized spacial score (nSPS) is 27.1. The Hall–Kier alpha value is -0.153. The van der Waals surface area contributed by atoms with Crippen LogP contribution in [0.4, 0.5) is 0 Å². The number of fused-ring (bicyclic) bond motifs is 2. The van der Waals surface area contributed by atoms with E-state index in [1.807, 2.05) is 0 Å². The minimum Gasteiger partial charge on any atom is -1.00 e. The van der Waals surface area contributed by atoms with Crippen LogP contribution in [-0.4, -0.2) is 5.49 Å². The summed E-state index contributed by atoms with van der Waals surface area (Å²) >= 11 is 1.36. The van der Waals surface area contributed by atoms with Crippen LogP contribution in [0.25, 0.3) is 0 Å². The van der Waals surface area contributed by atoms with E-state index in [1.165, 1.54) is 48.7 Å². The monoisotopic (exact) mass is 608 g/mol. The van der Waals surface area contributed by atoms with Gasteiger partial charge in [-0.3, -0.25) is 0 Å². The summed E-state index contributed by atoms with van der Waals surface area (Å²) in [6, 6.07) is 10.8. The molecule has 2 saturated carbocycles. The molecule has 0 spiro atoms. The maximum Gasteiger partial charge on any atom is -1.00 e. The van der Waals surface area contributed by atoms with Crippen molar-refractivity contribution in [2.24, 2.45) is 23.7 Å².